The Balaban J connectivity index is 0.000000980. The molecule has 0 atom stereocenters. The molecule has 2 aliphatic rings. The molecule has 1 heteroatoms. The molecule has 0 saturated heterocycles. The van der Waals surface area contributed by atoms with Gasteiger partial charge in [0, 0.05) is 0 Å². The Hall–Kier alpha value is 0.430. The molecule has 2 aliphatic carbocycles. The van der Waals surface area contributed by atoms with Crippen LogP contribution in [0, 0.1) is 0 Å². The third-order valence-electron chi connectivity index (χ3n) is 3.68. The van der Waals surface area contributed by atoms with Crippen LogP contribution in [0.3, 0.4) is 0 Å². The molecule has 0 amide bonds. The van der Waals surface area contributed by atoms with Crippen LogP contribution in [-0.2, 0) is 0 Å². The summed E-state index contributed by atoms with van der Waals surface area (Å²) in [4.78, 5) is 0. The smallest absolute Gasteiger partial charge is 0.0234 e. The number of rotatable bonds is 2. The van der Waals surface area contributed by atoms with Crippen LogP contribution in [0.5, 0.6) is 0 Å². The highest BCUT2D eigenvalue weighted by molar-refractivity contribution is 7.39. The van der Waals surface area contributed by atoms with Gasteiger partial charge in [0.05, 0.1) is 0 Å². The lowest BCUT2D eigenvalue weighted by Gasteiger charge is -2.28. The second-order valence-corrected chi connectivity index (χ2v) is 6.80. The molecule has 0 spiro atoms. The fourth-order valence-electron chi connectivity index (χ4n) is 2.87. The highest BCUT2D eigenvalue weighted by Crippen LogP contribution is 2.41. The standard InChI is InChI=1S/C12H23P.CH4/c1-3-7-11(8-4-1)13-12-9-5-2-6-10-12;/h11-13H,1-10H2;1H4. The van der Waals surface area contributed by atoms with Crippen molar-refractivity contribution in [2.24, 2.45) is 0 Å². The van der Waals surface area contributed by atoms with Crippen molar-refractivity contribution in [1.29, 1.82) is 0 Å². The third-order valence-corrected chi connectivity index (χ3v) is 5.78. The van der Waals surface area contributed by atoms with Gasteiger partial charge < -0.3 is 0 Å². The van der Waals surface area contributed by atoms with E-state index < -0.39 is 0 Å². The van der Waals surface area contributed by atoms with Crippen LogP contribution in [0.25, 0.3) is 0 Å². The van der Waals surface area contributed by atoms with Crippen molar-refractivity contribution in [1.82, 2.24) is 0 Å². The lowest BCUT2D eigenvalue weighted by Crippen LogP contribution is -2.14. The minimum atomic E-state index is 0. The molecule has 2 saturated carbocycles. The molecular formula is C13H27P. The summed E-state index contributed by atoms with van der Waals surface area (Å²) in [7, 11) is 1.33. The van der Waals surface area contributed by atoms with Gasteiger partial charge in [0.1, 0.15) is 0 Å². The van der Waals surface area contributed by atoms with Crippen molar-refractivity contribution in [3.8, 4) is 0 Å². The summed E-state index contributed by atoms with van der Waals surface area (Å²) in [5.41, 5.74) is 2.30. The highest BCUT2D eigenvalue weighted by atomic mass is 31.1. The maximum absolute atomic E-state index is 1.56. The molecule has 0 radical (unpaired) electrons. The van der Waals surface area contributed by atoms with E-state index in [0.29, 0.717) is 0 Å². The number of hydrogen-bond donors (Lipinski definition) is 0. The van der Waals surface area contributed by atoms with Gasteiger partial charge >= 0.3 is 0 Å². The van der Waals surface area contributed by atoms with Gasteiger partial charge in [-0.3, -0.25) is 0 Å². The molecule has 0 aliphatic heterocycles. The Morgan fingerprint density at radius 2 is 0.929 bits per heavy atom. The van der Waals surface area contributed by atoms with Crippen LogP contribution < -0.4 is 0 Å². The highest BCUT2D eigenvalue weighted by Gasteiger charge is 2.20. The first-order valence-electron chi connectivity index (χ1n) is 6.21. The van der Waals surface area contributed by atoms with Gasteiger partial charge in [-0.05, 0) is 37.0 Å². The molecule has 0 N–H and O–H groups in total. The van der Waals surface area contributed by atoms with Crippen LogP contribution in [0.2, 0.25) is 0 Å². The molecule has 14 heavy (non-hydrogen) atoms. The van der Waals surface area contributed by atoms with E-state index in [-0.39, 0.29) is 7.43 Å². The molecular weight excluding hydrogens is 187 g/mol. The fraction of sp³-hybridized carbons (Fsp3) is 1.00. The van der Waals surface area contributed by atoms with Gasteiger partial charge in [-0.15, -0.1) is 8.58 Å². The fourth-order valence-corrected chi connectivity index (χ4v) is 5.02. The minimum absolute atomic E-state index is 0. The van der Waals surface area contributed by atoms with Gasteiger partial charge in [-0.25, -0.2) is 0 Å². The molecule has 2 rings (SSSR count). The zero-order valence-electron chi connectivity index (χ0n) is 8.73. The molecule has 0 aromatic carbocycles. The molecule has 0 heterocycles. The summed E-state index contributed by atoms with van der Waals surface area (Å²) < 4.78 is 0. The molecule has 2 fully saturated rings. The second-order valence-electron chi connectivity index (χ2n) is 4.84. The van der Waals surface area contributed by atoms with Gasteiger partial charge in [0.2, 0.25) is 0 Å². The van der Waals surface area contributed by atoms with Crippen molar-refractivity contribution in [2.45, 2.75) is 83.0 Å². The first-order chi connectivity index (χ1) is 6.45. The maximum atomic E-state index is 1.56. The summed E-state index contributed by atoms with van der Waals surface area (Å²) in [6, 6.07) is 0. The average Bonchev–Trinajstić information content (AvgIpc) is 2.21. The van der Waals surface area contributed by atoms with Gasteiger partial charge in [0.25, 0.3) is 0 Å². The quantitative estimate of drug-likeness (QED) is 0.569. The van der Waals surface area contributed by atoms with Crippen LogP contribution in [0.1, 0.15) is 71.6 Å². The Labute approximate surface area is 92.0 Å². The SMILES string of the molecule is C.C1CCC(PC2CCCCC2)CC1. The maximum Gasteiger partial charge on any atom is -0.0234 e. The summed E-state index contributed by atoms with van der Waals surface area (Å²) in [5, 5.41) is 0. The minimum Gasteiger partial charge on any atom is -0.116 e. The van der Waals surface area contributed by atoms with Gasteiger partial charge in [0.15, 0.2) is 0 Å². The molecule has 0 unspecified atom stereocenters. The summed E-state index contributed by atoms with van der Waals surface area (Å²) in [6.45, 7) is 0. The Bertz CT molecular complexity index is 116. The lowest BCUT2D eigenvalue weighted by molar-refractivity contribution is 0.490. The van der Waals surface area contributed by atoms with Gasteiger partial charge in [-0.2, -0.15) is 0 Å². The molecule has 0 aromatic heterocycles. The first-order valence-corrected chi connectivity index (χ1v) is 7.37. The monoisotopic (exact) mass is 214 g/mol. The van der Waals surface area contributed by atoms with E-state index in [2.05, 4.69) is 0 Å². The Morgan fingerprint density at radius 1 is 0.571 bits per heavy atom. The summed E-state index contributed by atoms with van der Waals surface area (Å²) >= 11 is 0. The molecule has 0 bridgehead atoms. The van der Waals surface area contributed by atoms with E-state index in [9.17, 15) is 0 Å². The molecule has 84 valence electrons. The largest absolute Gasteiger partial charge is 0.116 e. The average molecular weight is 214 g/mol. The van der Waals surface area contributed by atoms with Gasteiger partial charge in [-0.1, -0.05) is 46.0 Å². The Morgan fingerprint density at radius 3 is 1.29 bits per heavy atom. The van der Waals surface area contributed by atoms with Crippen LogP contribution >= 0.6 is 8.58 Å². The van der Waals surface area contributed by atoms with E-state index in [1.807, 2.05) is 0 Å². The lowest BCUT2D eigenvalue weighted by atomic mass is 10.00. The van der Waals surface area contributed by atoms with E-state index in [1.54, 1.807) is 25.7 Å². The van der Waals surface area contributed by atoms with Crippen molar-refractivity contribution in [3.05, 3.63) is 0 Å². The van der Waals surface area contributed by atoms with Crippen molar-refractivity contribution >= 4 is 8.58 Å². The van der Waals surface area contributed by atoms with Crippen LogP contribution in [-0.4, -0.2) is 11.3 Å². The summed E-state index contributed by atoms with van der Waals surface area (Å²) in [5.74, 6) is 0. The van der Waals surface area contributed by atoms with Crippen molar-refractivity contribution in [3.63, 3.8) is 0 Å². The number of hydrogen-bond acceptors (Lipinski definition) is 0. The zero-order valence-corrected chi connectivity index (χ0v) is 9.73. The van der Waals surface area contributed by atoms with E-state index >= 15 is 0 Å². The second kappa shape index (κ2) is 6.83. The van der Waals surface area contributed by atoms with Crippen molar-refractivity contribution in [2.75, 3.05) is 0 Å². The predicted molar refractivity (Wildman–Crippen MR) is 68.8 cm³/mol. The first kappa shape index (κ1) is 12.5. The predicted octanol–water partition coefficient (Wildman–Crippen LogP) is 4.97. The molecule has 0 nitrogen and oxygen atoms in total. The van der Waals surface area contributed by atoms with E-state index in [4.69, 9.17) is 0 Å². The topological polar surface area (TPSA) is 0 Å². The Kier molecular flexibility index (Phi) is 6.10. The zero-order chi connectivity index (χ0) is 8.93. The third kappa shape index (κ3) is 3.89. The van der Waals surface area contributed by atoms with E-state index in [0.717, 1.165) is 11.3 Å². The van der Waals surface area contributed by atoms with Crippen LogP contribution in [0.4, 0.5) is 0 Å². The summed E-state index contributed by atoms with van der Waals surface area (Å²) in [6.07, 6.45) is 15.4. The van der Waals surface area contributed by atoms with Crippen molar-refractivity contribution < 1.29 is 0 Å². The van der Waals surface area contributed by atoms with Crippen LogP contribution in [0.15, 0.2) is 0 Å². The normalized spacial score (nSPS) is 25.7. The molecule has 0 aromatic rings. The van der Waals surface area contributed by atoms with E-state index in [1.165, 1.54) is 47.1 Å².